The molecule has 0 bridgehead atoms. The number of hydrogen-bond donors (Lipinski definition) is 3. The zero-order chi connectivity index (χ0) is 22.0. The molecule has 0 aromatic heterocycles. The Labute approximate surface area is 175 Å². The van der Waals surface area contributed by atoms with Crippen LogP contribution < -0.4 is 15.0 Å². The summed E-state index contributed by atoms with van der Waals surface area (Å²) in [5.74, 6) is -4.81. The Hall–Kier alpha value is -2.33. The molecule has 0 unspecified atom stereocenters. The van der Waals surface area contributed by atoms with Gasteiger partial charge in [-0.05, 0) is 12.8 Å². The van der Waals surface area contributed by atoms with Gasteiger partial charge >= 0.3 is 18.0 Å². The van der Waals surface area contributed by atoms with E-state index >= 15 is 0 Å². The Morgan fingerprint density at radius 1 is 1.10 bits per heavy atom. The first-order valence-electron chi connectivity index (χ1n) is 8.48. The number of carbonyl (C=O) groups excluding carboxylic acids is 1. The summed E-state index contributed by atoms with van der Waals surface area (Å²) < 4.78 is 33.5. The fraction of sp³-hybridized carbons (Fsp3) is 0.471. The van der Waals surface area contributed by atoms with Gasteiger partial charge in [-0.15, -0.1) is 23.2 Å². The minimum absolute atomic E-state index is 0.00150. The summed E-state index contributed by atoms with van der Waals surface area (Å²) >= 11 is 11.3. The number of carboxylic acid groups (broad SMARTS) is 2. The van der Waals surface area contributed by atoms with Crippen LogP contribution in [0.4, 0.5) is 19.3 Å². The molecule has 0 heterocycles. The Morgan fingerprint density at radius 2 is 1.66 bits per heavy atom. The third-order valence-electron chi connectivity index (χ3n) is 3.70. The second-order valence-electron chi connectivity index (χ2n) is 5.81. The first-order chi connectivity index (χ1) is 13.7. The van der Waals surface area contributed by atoms with Crippen LogP contribution >= 0.6 is 23.2 Å². The van der Waals surface area contributed by atoms with E-state index in [4.69, 9.17) is 38.2 Å². The molecule has 0 saturated carbocycles. The lowest BCUT2D eigenvalue weighted by molar-refractivity contribution is -0.140. The van der Waals surface area contributed by atoms with Crippen molar-refractivity contribution in [3.8, 4) is 5.75 Å². The number of nitrogens with one attached hydrogen (secondary N) is 1. The molecule has 1 atom stereocenters. The molecule has 3 N–H and O–H groups in total. The highest BCUT2D eigenvalue weighted by Gasteiger charge is 2.23. The summed E-state index contributed by atoms with van der Waals surface area (Å²) in [7, 11) is 0. The highest BCUT2D eigenvalue weighted by Crippen LogP contribution is 2.28. The van der Waals surface area contributed by atoms with Crippen molar-refractivity contribution in [3.05, 3.63) is 23.8 Å². The molecule has 29 heavy (non-hydrogen) atoms. The lowest BCUT2D eigenvalue weighted by Gasteiger charge is -2.24. The first-order valence-corrected chi connectivity index (χ1v) is 9.55. The van der Waals surface area contributed by atoms with Crippen LogP contribution in [0, 0.1) is 11.6 Å². The van der Waals surface area contributed by atoms with Crippen molar-refractivity contribution in [1.29, 1.82) is 0 Å². The van der Waals surface area contributed by atoms with Crippen molar-refractivity contribution in [2.45, 2.75) is 25.3 Å². The lowest BCUT2D eigenvalue weighted by Crippen LogP contribution is -2.42. The molecule has 0 aliphatic rings. The second-order valence-corrected chi connectivity index (χ2v) is 6.57. The average Bonchev–Trinajstić information content (AvgIpc) is 2.60. The molecule has 8 nitrogen and oxygen atoms in total. The number of aliphatic carboxylic acids is 2. The number of rotatable bonds is 12. The van der Waals surface area contributed by atoms with Crippen molar-refractivity contribution < 1.29 is 38.1 Å². The molecule has 0 aliphatic heterocycles. The highest BCUT2D eigenvalue weighted by molar-refractivity contribution is 6.18. The van der Waals surface area contributed by atoms with E-state index in [0.29, 0.717) is 0 Å². The molecule has 0 fully saturated rings. The number of amides is 1. The van der Waals surface area contributed by atoms with Crippen LogP contribution in [0.15, 0.2) is 12.1 Å². The topological polar surface area (TPSA) is 116 Å². The molecule has 162 valence electrons. The third-order valence-corrected chi connectivity index (χ3v) is 4.04. The second kappa shape index (κ2) is 12.3. The maximum absolute atomic E-state index is 14.4. The van der Waals surface area contributed by atoms with E-state index in [-0.39, 0.29) is 49.8 Å². The number of anilines is 1. The molecular formula is C17H20Cl2F2N2O6. The van der Waals surface area contributed by atoms with Crippen molar-refractivity contribution >= 4 is 46.9 Å². The van der Waals surface area contributed by atoms with Gasteiger partial charge in [-0.3, -0.25) is 4.79 Å². The van der Waals surface area contributed by atoms with Crippen LogP contribution in [0.25, 0.3) is 0 Å². The smallest absolute Gasteiger partial charge is 0.413 e. The zero-order valence-corrected chi connectivity index (χ0v) is 16.7. The number of ether oxygens (including phenoxy) is 1. The fourth-order valence-corrected chi connectivity index (χ4v) is 2.84. The van der Waals surface area contributed by atoms with Gasteiger partial charge in [0.25, 0.3) is 0 Å². The monoisotopic (exact) mass is 456 g/mol. The molecule has 0 aliphatic carbocycles. The number of benzene rings is 1. The Bertz CT molecular complexity index is 709. The van der Waals surface area contributed by atoms with Crippen molar-refractivity contribution in [3.63, 3.8) is 0 Å². The van der Waals surface area contributed by atoms with Crippen molar-refractivity contribution in [2.75, 3.05) is 29.7 Å². The maximum atomic E-state index is 14.4. The van der Waals surface area contributed by atoms with Gasteiger partial charge in [0.1, 0.15) is 17.5 Å². The van der Waals surface area contributed by atoms with Crippen LogP contribution in [0.5, 0.6) is 5.75 Å². The summed E-state index contributed by atoms with van der Waals surface area (Å²) in [6.45, 7) is 0.277. The van der Waals surface area contributed by atoms with E-state index in [1.165, 1.54) is 4.90 Å². The molecule has 0 radical (unpaired) electrons. The Morgan fingerprint density at radius 3 is 2.10 bits per heavy atom. The van der Waals surface area contributed by atoms with Gasteiger partial charge in [0, 0.05) is 43.4 Å². The summed E-state index contributed by atoms with van der Waals surface area (Å²) in [5.41, 5.74) is -0.379. The normalized spacial score (nSPS) is 11.6. The summed E-state index contributed by atoms with van der Waals surface area (Å²) in [4.78, 5) is 34.8. The van der Waals surface area contributed by atoms with Gasteiger partial charge in [0.05, 0.1) is 0 Å². The number of carboxylic acids is 2. The van der Waals surface area contributed by atoms with E-state index in [1.807, 2.05) is 5.32 Å². The minimum atomic E-state index is -1.42. The van der Waals surface area contributed by atoms with E-state index in [0.717, 1.165) is 12.1 Å². The summed E-state index contributed by atoms with van der Waals surface area (Å²) in [5, 5.41) is 19.7. The van der Waals surface area contributed by atoms with E-state index in [2.05, 4.69) is 0 Å². The van der Waals surface area contributed by atoms with E-state index in [1.54, 1.807) is 0 Å². The number of alkyl halides is 2. The molecule has 1 aromatic rings. The van der Waals surface area contributed by atoms with E-state index in [9.17, 15) is 23.2 Å². The molecular weight excluding hydrogens is 437 g/mol. The van der Waals surface area contributed by atoms with Crippen LogP contribution in [-0.4, -0.2) is 59.1 Å². The van der Waals surface area contributed by atoms with Crippen molar-refractivity contribution in [1.82, 2.24) is 5.32 Å². The fourth-order valence-electron chi connectivity index (χ4n) is 2.44. The quantitative estimate of drug-likeness (QED) is 0.413. The average molecular weight is 457 g/mol. The van der Waals surface area contributed by atoms with Crippen LogP contribution in [0.1, 0.15) is 19.3 Å². The molecule has 1 rings (SSSR count). The first kappa shape index (κ1) is 24.7. The predicted molar refractivity (Wildman–Crippen MR) is 102 cm³/mol. The van der Waals surface area contributed by atoms with Crippen molar-refractivity contribution in [2.24, 2.45) is 0 Å². The summed E-state index contributed by atoms with van der Waals surface area (Å²) in [6.07, 6.45) is -1.69. The van der Waals surface area contributed by atoms with Gasteiger partial charge in [-0.25, -0.2) is 18.4 Å². The van der Waals surface area contributed by atoms with Crippen LogP contribution in [-0.2, 0) is 9.59 Å². The summed E-state index contributed by atoms with van der Waals surface area (Å²) in [6, 6.07) is 0.125. The SMILES string of the molecule is O=C(O)CCC[C@H](NC(=O)Oc1cc(F)c(N(CCCl)CCCl)c(F)c1)C(=O)O. The minimum Gasteiger partial charge on any atom is -0.481 e. The Balaban J connectivity index is 2.85. The number of nitrogens with zero attached hydrogens (tertiary/aromatic N) is 1. The van der Waals surface area contributed by atoms with Gasteiger partial charge in [-0.1, -0.05) is 0 Å². The molecule has 0 spiro atoms. The number of hydrogen-bond acceptors (Lipinski definition) is 5. The van der Waals surface area contributed by atoms with Gasteiger partial charge in [-0.2, -0.15) is 0 Å². The predicted octanol–water partition coefficient (Wildman–Crippen LogP) is 3.05. The molecule has 12 heteroatoms. The maximum Gasteiger partial charge on any atom is 0.413 e. The lowest BCUT2D eigenvalue weighted by atomic mass is 10.1. The van der Waals surface area contributed by atoms with Crippen LogP contribution in [0.3, 0.4) is 0 Å². The van der Waals surface area contributed by atoms with Gasteiger partial charge < -0.3 is 25.2 Å². The molecule has 1 amide bonds. The van der Waals surface area contributed by atoms with Gasteiger partial charge in [0.15, 0.2) is 11.6 Å². The third kappa shape index (κ3) is 8.28. The number of halogens is 4. The Kier molecular flexibility index (Phi) is 10.5. The van der Waals surface area contributed by atoms with E-state index < -0.39 is 41.5 Å². The highest BCUT2D eigenvalue weighted by atomic mass is 35.5. The number of carbonyl (C=O) groups is 3. The molecule has 1 aromatic carbocycles. The van der Waals surface area contributed by atoms with Gasteiger partial charge in [0.2, 0.25) is 0 Å². The van der Waals surface area contributed by atoms with Crippen LogP contribution in [0.2, 0.25) is 0 Å². The standard InChI is InChI=1S/C17H20Cl2F2N2O6/c18-4-6-23(7-5-19)15-11(20)8-10(9-12(15)21)29-17(28)22-13(16(26)27)2-1-3-14(24)25/h8-9,13H,1-7H2,(H,22,28)(H,24,25)(H,26,27)/t13-/m0/s1. The largest absolute Gasteiger partial charge is 0.481 e. The zero-order valence-electron chi connectivity index (χ0n) is 15.2. The molecule has 0 saturated heterocycles.